The van der Waals surface area contributed by atoms with Crippen LogP contribution in [0.15, 0.2) is 41.8 Å². The highest BCUT2D eigenvalue weighted by molar-refractivity contribution is 5.39. The third kappa shape index (κ3) is 6.02. The molecule has 1 N–H and O–H groups in total. The Kier molecular flexibility index (Phi) is 9.77. The van der Waals surface area contributed by atoms with E-state index in [1.165, 1.54) is 25.3 Å². The molecule has 2 heterocycles. The number of allylic oxidation sites excluding steroid dienone is 2. The predicted octanol–water partition coefficient (Wildman–Crippen LogP) is 4.58. The Labute approximate surface area is 202 Å². The lowest BCUT2D eigenvalue weighted by atomic mass is 9.83. The fraction of sp³-hybridized carbons (Fsp3) is 0.577. The van der Waals surface area contributed by atoms with Crippen molar-refractivity contribution in [1.29, 1.82) is 5.26 Å². The lowest BCUT2D eigenvalue weighted by Gasteiger charge is -2.47. The molecule has 1 aliphatic carbocycles. The third-order valence-corrected chi connectivity index (χ3v) is 6.46. The fourth-order valence-corrected chi connectivity index (χ4v) is 4.64. The summed E-state index contributed by atoms with van der Waals surface area (Å²) in [4.78, 5) is 2.08. The number of nitriles is 1. The molecular weight excluding hydrogens is 440 g/mol. The summed E-state index contributed by atoms with van der Waals surface area (Å²) in [6.45, 7) is 5.96. The molecule has 0 saturated carbocycles. The summed E-state index contributed by atoms with van der Waals surface area (Å²) in [6.07, 6.45) is 3.06. The van der Waals surface area contributed by atoms with Gasteiger partial charge in [-0.3, -0.25) is 4.90 Å². The average molecular weight is 478 g/mol. The molecule has 0 radical (unpaired) electrons. The summed E-state index contributed by atoms with van der Waals surface area (Å²) in [5, 5.41) is 12.9. The van der Waals surface area contributed by atoms with Crippen molar-refractivity contribution in [3.05, 3.63) is 53.1 Å². The molecule has 1 aromatic rings. The van der Waals surface area contributed by atoms with Crippen molar-refractivity contribution in [3.63, 3.8) is 0 Å². The second-order valence-corrected chi connectivity index (χ2v) is 8.95. The summed E-state index contributed by atoms with van der Waals surface area (Å²) >= 11 is 0. The van der Waals surface area contributed by atoms with Crippen LogP contribution in [0.5, 0.6) is 5.75 Å². The van der Waals surface area contributed by atoms with Crippen molar-refractivity contribution in [3.8, 4) is 11.8 Å². The van der Waals surface area contributed by atoms with E-state index >= 15 is 0 Å². The van der Waals surface area contributed by atoms with E-state index in [2.05, 4.69) is 16.3 Å². The van der Waals surface area contributed by atoms with Crippen LogP contribution in [0.1, 0.15) is 33.8 Å². The van der Waals surface area contributed by atoms with Gasteiger partial charge in [0.25, 0.3) is 0 Å². The van der Waals surface area contributed by atoms with Crippen molar-refractivity contribution in [2.45, 2.75) is 47.1 Å². The maximum atomic E-state index is 14.3. The molecule has 6 nitrogen and oxygen atoms in total. The summed E-state index contributed by atoms with van der Waals surface area (Å²) in [5.41, 5.74) is 1.19. The number of ether oxygens (including phenoxy) is 3. The van der Waals surface area contributed by atoms with E-state index in [1.807, 2.05) is 6.92 Å². The first kappa shape index (κ1) is 27.9. The van der Waals surface area contributed by atoms with Crippen molar-refractivity contribution in [2.75, 3.05) is 40.0 Å². The number of hydrogen-bond acceptors (Lipinski definition) is 6. The van der Waals surface area contributed by atoms with Crippen LogP contribution < -0.4 is 10.1 Å². The highest BCUT2D eigenvalue weighted by atomic mass is 19.1. The van der Waals surface area contributed by atoms with Gasteiger partial charge in [-0.25, -0.2) is 8.78 Å². The molecule has 4 rings (SSSR count). The zero-order valence-electron chi connectivity index (χ0n) is 18.4. The Hall–Kier alpha value is -2.31. The number of methoxy groups -OCH3 is 1. The first-order chi connectivity index (χ1) is 15.4. The van der Waals surface area contributed by atoms with E-state index in [-0.39, 0.29) is 44.3 Å². The lowest BCUT2D eigenvalue weighted by Crippen LogP contribution is -2.61. The van der Waals surface area contributed by atoms with Gasteiger partial charge in [-0.2, -0.15) is 5.26 Å². The molecular formula is C26H37F2N3O3. The van der Waals surface area contributed by atoms with Crippen LogP contribution in [-0.2, 0) is 16.0 Å². The van der Waals surface area contributed by atoms with E-state index in [1.54, 1.807) is 12.1 Å². The first-order valence-corrected chi connectivity index (χ1v) is 10.9. The van der Waals surface area contributed by atoms with Crippen LogP contribution in [-0.4, -0.2) is 57.2 Å². The van der Waals surface area contributed by atoms with Crippen molar-refractivity contribution >= 4 is 0 Å². The lowest BCUT2D eigenvalue weighted by molar-refractivity contribution is -0.242. The third-order valence-electron chi connectivity index (χ3n) is 6.46. The summed E-state index contributed by atoms with van der Waals surface area (Å²) in [7, 11) is 1.42. The Morgan fingerprint density at radius 2 is 1.94 bits per heavy atom. The summed E-state index contributed by atoms with van der Waals surface area (Å²) in [5.74, 6) is -0.881. The number of nitrogens with zero attached hydrogens (tertiary/aromatic N) is 2. The second kappa shape index (κ2) is 11.9. The van der Waals surface area contributed by atoms with Gasteiger partial charge in [0.05, 0.1) is 38.0 Å². The van der Waals surface area contributed by atoms with Crippen molar-refractivity contribution in [1.82, 2.24) is 10.2 Å². The quantitative estimate of drug-likeness (QED) is 0.620. The van der Waals surface area contributed by atoms with Gasteiger partial charge in [-0.05, 0) is 35.8 Å². The highest BCUT2D eigenvalue weighted by Crippen LogP contribution is 2.32. The van der Waals surface area contributed by atoms with Crippen LogP contribution >= 0.6 is 0 Å². The Morgan fingerprint density at radius 3 is 2.50 bits per heavy atom. The van der Waals surface area contributed by atoms with E-state index in [9.17, 15) is 14.0 Å². The van der Waals surface area contributed by atoms with E-state index in [4.69, 9.17) is 14.2 Å². The zero-order chi connectivity index (χ0) is 22.7. The van der Waals surface area contributed by atoms with Gasteiger partial charge >= 0.3 is 0 Å². The predicted molar refractivity (Wildman–Crippen MR) is 128 cm³/mol. The van der Waals surface area contributed by atoms with Crippen LogP contribution in [0.4, 0.5) is 8.78 Å². The minimum Gasteiger partial charge on any atom is -0.494 e. The minimum absolute atomic E-state index is 0. The number of halogens is 2. The fourth-order valence-electron chi connectivity index (χ4n) is 4.64. The van der Waals surface area contributed by atoms with Gasteiger partial charge < -0.3 is 19.5 Å². The molecule has 8 heteroatoms. The minimum atomic E-state index is -0.443. The molecule has 2 unspecified atom stereocenters. The SMILES string of the molecule is C.C.COc1ccc(CN(CCC2OCC3(CNC3)CO2)C2C(C#N)=CC(F)=CC2C)cc1F. The van der Waals surface area contributed by atoms with Crippen molar-refractivity contribution in [2.24, 2.45) is 11.3 Å². The van der Waals surface area contributed by atoms with Gasteiger partial charge in [0.15, 0.2) is 17.9 Å². The van der Waals surface area contributed by atoms with Gasteiger partial charge in [-0.1, -0.05) is 27.8 Å². The van der Waals surface area contributed by atoms with E-state index < -0.39 is 11.6 Å². The second-order valence-electron chi connectivity index (χ2n) is 8.95. The number of rotatable bonds is 7. The molecule has 0 amide bonds. The number of nitrogens with one attached hydrogen (secondary N) is 1. The van der Waals surface area contributed by atoms with E-state index in [0.717, 1.165) is 18.7 Å². The number of benzene rings is 1. The molecule has 34 heavy (non-hydrogen) atoms. The maximum absolute atomic E-state index is 14.3. The van der Waals surface area contributed by atoms with Crippen LogP contribution in [0.3, 0.4) is 0 Å². The van der Waals surface area contributed by atoms with Crippen LogP contribution in [0.2, 0.25) is 0 Å². The Bertz CT molecular complexity index is 930. The van der Waals surface area contributed by atoms with Crippen LogP contribution in [0, 0.1) is 28.5 Å². The van der Waals surface area contributed by atoms with Gasteiger partial charge in [0.1, 0.15) is 5.83 Å². The maximum Gasteiger partial charge on any atom is 0.165 e. The zero-order valence-corrected chi connectivity index (χ0v) is 18.4. The molecule has 2 aliphatic heterocycles. The molecule has 0 aromatic heterocycles. The highest BCUT2D eigenvalue weighted by Gasteiger charge is 2.42. The Balaban J connectivity index is 0.00000204. The molecule has 2 saturated heterocycles. The smallest absolute Gasteiger partial charge is 0.165 e. The normalized spacial score (nSPS) is 23.6. The molecule has 3 aliphatic rings. The van der Waals surface area contributed by atoms with Crippen LogP contribution in [0.25, 0.3) is 0 Å². The average Bonchev–Trinajstić information content (AvgIpc) is 2.76. The topological polar surface area (TPSA) is 66.8 Å². The van der Waals surface area contributed by atoms with Gasteiger partial charge in [-0.15, -0.1) is 0 Å². The molecule has 2 fully saturated rings. The summed E-state index contributed by atoms with van der Waals surface area (Å²) in [6, 6.07) is 6.65. The molecule has 1 spiro atoms. The molecule has 188 valence electrons. The number of hydrogen-bond donors (Lipinski definition) is 1. The van der Waals surface area contributed by atoms with Crippen molar-refractivity contribution < 1.29 is 23.0 Å². The monoisotopic (exact) mass is 477 g/mol. The largest absolute Gasteiger partial charge is 0.494 e. The van der Waals surface area contributed by atoms with Gasteiger partial charge in [0.2, 0.25) is 0 Å². The Morgan fingerprint density at radius 1 is 1.24 bits per heavy atom. The van der Waals surface area contributed by atoms with E-state index in [0.29, 0.717) is 38.3 Å². The standard InChI is InChI=1S/C24H29F2N3O3.2CH4/c1-16-7-19(25)9-18(10-27)23(16)29(11-17-3-4-21(30-2)20(26)8-17)6-5-22-31-14-24(15-32-22)12-28-13-24;;/h3-4,7-9,16,22-23,28H,5-6,11-15H2,1-2H3;2*1H4. The van der Waals surface area contributed by atoms with Gasteiger partial charge in [0, 0.05) is 38.0 Å². The summed E-state index contributed by atoms with van der Waals surface area (Å²) < 4.78 is 45.2. The molecule has 2 atom stereocenters. The molecule has 1 aromatic carbocycles. The first-order valence-electron chi connectivity index (χ1n) is 10.9. The molecule has 0 bridgehead atoms.